The van der Waals surface area contributed by atoms with Crippen LogP contribution < -0.4 is 5.32 Å². The Morgan fingerprint density at radius 3 is 3.06 bits per heavy atom. The second-order valence-corrected chi connectivity index (χ2v) is 4.74. The van der Waals surface area contributed by atoms with Gasteiger partial charge < -0.3 is 10.1 Å². The largest absolute Gasteiger partial charge is 0.378 e. The van der Waals surface area contributed by atoms with Crippen LogP contribution in [-0.4, -0.2) is 25.3 Å². The standard InChI is InChI=1S/C14H27NO/c1-3-5-6-8-13(15-10-4-2)12-14-9-7-11-16-14/h3,13-15H,1,4-12H2,2H3. The van der Waals surface area contributed by atoms with Gasteiger partial charge in [-0.2, -0.15) is 0 Å². The van der Waals surface area contributed by atoms with E-state index in [4.69, 9.17) is 4.74 Å². The van der Waals surface area contributed by atoms with Crippen molar-refractivity contribution in [2.75, 3.05) is 13.2 Å². The van der Waals surface area contributed by atoms with Gasteiger partial charge in [0.15, 0.2) is 0 Å². The molecule has 0 aliphatic carbocycles. The fourth-order valence-corrected chi connectivity index (χ4v) is 2.31. The molecule has 0 amide bonds. The van der Waals surface area contributed by atoms with E-state index in [0.717, 1.165) is 19.6 Å². The van der Waals surface area contributed by atoms with Crippen LogP contribution in [0.15, 0.2) is 12.7 Å². The lowest BCUT2D eigenvalue weighted by Gasteiger charge is -2.21. The van der Waals surface area contributed by atoms with Gasteiger partial charge >= 0.3 is 0 Å². The molecule has 1 aliphatic rings. The van der Waals surface area contributed by atoms with Crippen LogP contribution in [0.25, 0.3) is 0 Å². The van der Waals surface area contributed by atoms with Gasteiger partial charge in [-0.25, -0.2) is 0 Å². The molecule has 0 aromatic carbocycles. The van der Waals surface area contributed by atoms with E-state index < -0.39 is 0 Å². The maximum atomic E-state index is 5.71. The van der Waals surface area contributed by atoms with E-state index in [1.807, 2.05) is 6.08 Å². The van der Waals surface area contributed by atoms with Crippen molar-refractivity contribution in [1.82, 2.24) is 5.32 Å². The number of hydrogen-bond acceptors (Lipinski definition) is 2. The van der Waals surface area contributed by atoms with Gasteiger partial charge in [0.25, 0.3) is 0 Å². The van der Waals surface area contributed by atoms with Crippen molar-refractivity contribution in [2.45, 2.75) is 64.0 Å². The molecule has 0 saturated carbocycles. The smallest absolute Gasteiger partial charge is 0.0590 e. The SMILES string of the molecule is C=CCCCC(CC1CCCO1)NCCC. The molecule has 1 rings (SSSR count). The average Bonchev–Trinajstić information content (AvgIpc) is 2.78. The zero-order chi connectivity index (χ0) is 11.6. The molecule has 1 N–H and O–H groups in total. The van der Waals surface area contributed by atoms with E-state index >= 15 is 0 Å². The van der Waals surface area contributed by atoms with Gasteiger partial charge in [-0.3, -0.25) is 0 Å². The molecule has 0 aromatic rings. The molecule has 0 aromatic heterocycles. The molecular weight excluding hydrogens is 198 g/mol. The number of ether oxygens (including phenoxy) is 1. The first kappa shape index (κ1) is 13.7. The second kappa shape index (κ2) is 8.77. The number of allylic oxidation sites excluding steroid dienone is 1. The highest BCUT2D eigenvalue weighted by Gasteiger charge is 2.19. The Labute approximate surface area is 100 Å². The monoisotopic (exact) mass is 225 g/mol. The summed E-state index contributed by atoms with van der Waals surface area (Å²) >= 11 is 0. The predicted molar refractivity (Wildman–Crippen MR) is 69.7 cm³/mol. The number of unbranched alkanes of at least 4 members (excludes halogenated alkanes) is 1. The summed E-state index contributed by atoms with van der Waals surface area (Å²) in [6, 6.07) is 0.642. The van der Waals surface area contributed by atoms with Gasteiger partial charge in [0.1, 0.15) is 0 Å². The van der Waals surface area contributed by atoms with Crippen molar-refractivity contribution >= 4 is 0 Å². The third-order valence-electron chi connectivity index (χ3n) is 3.22. The fourth-order valence-electron chi connectivity index (χ4n) is 2.31. The second-order valence-electron chi connectivity index (χ2n) is 4.74. The molecule has 1 fully saturated rings. The molecule has 0 radical (unpaired) electrons. The summed E-state index contributed by atoms with van der Waals surface area (Å²) in [7, 11) is 0. The van der Waals surface area contributed by atoms with Crippen LogP contribution in [0.1, 0.15) is 51.9 Å². The molecule has 0 bridgehead atoms. The summed E-state index contributed by atoms with van der Waals surface area (Å²) in [6.07, 6.45) is 11.1. The third-order valence-corrected chi connectivity index (χ3v) is 3.22. The summed E-state index contributed by atoms with van der Waals surface area (Å²) < 4.78 is 5.71. The Bertz CT molecular complexity index is 176. The molecule has 2 nitrogen and oxygen atoms in total. The molecule has 2 atom stereocenters. The van der Waals surface area contributed by atoms with E-state index in [1.54, 1.807) is 0 Å². The average molecular weight is 225 g/mol. The van der Waals surface area contributed by atoms with Gasteiger partial charge in [0.2, 0.25) is 0 Å². The molecule has 2 unspecified atom stereocenters. The van der Waals surface area contributed by atoms with Crippen molar-refractivity contribution in [1.29, 1.82) is 0 Å². The van der Waals surface area contributed by atoms with Gasteiger partial charge in [-0.05, 0) is 51.5 Å². The minimum Gasteiger partial charge on any atom is -0.378 e. The van der Waals surface area contributed by atoms with E-state index in [0.29, 0.717) is 12.1 Å². The van der Waals surface area contributed by atoms with Crippen LogP contribution in [0.2, 0.25) is 0 Å². The molecule has 1 saturated heterocycles. The lowest BCUT2D eigenvalue weighted by atomic mass is 10.0. The Kier molecular flexibility index (Phi) is 7.52. The Morgan fingerprint density at radius 1 is 1.56 bits per heavy atom. The van der Waals surface area contributed by atoms with Crippen molar-refractivity contribution in [2.24, 2.45) is 0 Å². The maximum absolute atomic E-state index is 5.71. The number of nitrogens with one attached hydrogen (secondary N) is 1. The quantitative estimate of drug-likeness (QED) is 0.480. The molecule has 0 spiro atoms. The van der Waals surface area contributed by atoms with Crippen LogP contribution >= 0.6 is 0 Å². The third kappa shape index (κ3) is 5.66. The fraction of sp³-hybridized carbons (Fsp3) is 0.857. The highest BCUT2D eigenvalue weighted by molar-refractivity contribution is 4.76. The van der Waals surface area contributed by atoms with Gasteiger partial charge in [0, 0.05) is 12.6 Å². The first-order valence-corrected chi connectivity index (χ1v) is 6.82. The summed E-state index contributed by atoms with van der Waals surface area (Å²) in [4.78, 5) is 0. The lowest BCUT2D eigenvalue weighted by molar-refractivity contribution is 0.0934. The minimum atomic E-state index is 0.512. The molecule has 16 heavy (non-hydrogen) atoms. The zero-order valence-electron chi connectivity index (χ0n) is 10.7. The van der Waals surface area contributed by atoms with E-state index in [-0.39, 0.29) is 0 Å². The number of hydrogen-bond donors (Lipinski definition) is 1. The minimum absolute atomic E-state index is 0.512. The van der Waals surface area contributed by atoms with Crippen LogP contribution in [0.5, 0.6) is 0 Å². The van der Waals surface area contributed by atoms with Crippen molar-refractivity contribution in [3.8, 4) is 0 Å². The predicted octanol–water partition coefficient (Wildman–Crippen LogP) is 3.28. The Balaban J connectivity index is 2.21. The summed E-state index contributed by atoms with van der Waals surface area (Å²) in [5.74, 6) is 0. The van der Waals surface area contributed by atoms with E-state index in [9.17, 15) is 0 Å². The van der Waals surface area contributed by atoms with E-state index in [2.05, 4.69) is 18.8 Å². The van der Waals surface area contributed by atoms with Crippen LogP contribution in [-0.2, 0) is 4.74 Å². The van der Waals surface area contributed by atoms with Crippen molar-refractivity contribution in [3.63, 3.8) is 0 Å². The van der Waals surface area contributed by atoms with Crippen LogP contribution in [0.4, 0.5) is 0 Å². The summed E-state index contributed by atoms with van der Waals surface area (Å²) in [6.45, 7) is 8.10. The first-order valence-electron chi connectivity index (χ1n) is 6.82. The maximum Gasteiger partial charge on any atom is 0.0590 e. The molecule has 1 heterocycles. The summed E-state index contributed by atoms with van der Waals surface area (Å²) in [5.41, 5.74) is 0. The highest BCUT2D eigenvalue weighted by Crippen LogP contribution is 2.19. The lowest BCUT2D eigenvalue weighted by Crippen LogP contribution is -2.33. The topological polar surface area (TPSA) is 21.3 Å². The highest BCUT2D eigenvalue weighted by atomic mass is 16.5. The van der Waals surface area contributed by atoms with Gasteiger partial charge in [-0.15, -0.1) is 6.58 Å². The number of rotatable bonds is 9. The Hall–Kier alpha value is -0.340. The molecule has 94 valence electrons. The van der Waals surface area contributed by atoms with Crippen molar-refractivity contribution in [3.05, 3.63) is 12.7 Å². The van der Waals surface area contributed by atoms with Gasteiger partial charge in [0.05, 0.1) is 6.10 Å². The van der Waals surface area contributed by atoms with E-state index in [1.165, 1.54) is 38.5 Å². The normalized spacial score (nSPS) is 22.2. The summed E-state index contributed by atoms with van der Waals surface area (Å²) in [5, 5.41) is 3.64. The first-order chi connectivity index (χ1) is 7.86. The molecular formula is C14H27NO. The zero-order valence-corrected chi connectivity index (χ0v) is 10.7. The Morgan fingerprint density at radius 2 is 2.44 bits per heavy atom. The molecule has 1 aliphatic heterocycles. The van der Waals surface area contributed by atoms with Crippen molar-refractivity contribution < 1.29 is 4.74 Å². The van der Waals surface area contributed by atoms with Crippen LogP contribution in [0, 0.1) is 0 Å². The van der Waals surface area contributed by atoms with Crippen LogP contribution in [0.3, 0.4) is 0 Å². The van der Waals surface area contributed by atoms with Gasteiger partial charge in [-0.1, -0.05) is 13.0 Å². The molecule has 2 heteroatoms.